The number of halogens is 6. The Kier molecular flexibility index (Phi) is 9.76. The van der Waals surface area contributed by atoms with Gasteiger partial charge < -0.3 is 19.9 Å². The summed E-state index contributed by atoms with van der Waals surface area (Å²) in [5.41, 5.74) is 2.45. The Bertz CT molecular complexity index is 1780. The fourth-order valence-corrected chi connectivity index (χ4v) is 5.09. The van der Waals surface area contributed by atoms with Crippen LogP contribution in [0.25, 0.3) is 17.8 Å². The van der Waals surface area contributed by atoms with E-state index in [4.69, 9.17) is 4.74 Å². The summed E-state index contributed by atoms with van der Waals surface area (Å²) < 4.78 is 85.7. The van der Waals surface area contributed by atoms with E-state index in [-0.39, 0.29) is 28.1 Å². The number of anilines is 2. The molecule has 1 fully saturated rings. The number of aliphatic hydroxyl groups excluding tert-OH is 1. The first-order valence-electron chi connectivity index (χ1n) is 13.6. The molecule has 47 heavy (non-hydrogen) atoms. The highest BCUT2D eigenvalue weighted by Crippen LogP contribution is 2.36. The van der Waals surface area contributed by atoms with Gasteiger partial charge in [0.1, 0.15) is 17.8 Å². The number of nitrogens with one attached hydrogen (secondary N) is 1. The minimum Gasteiger partial charge on any atom is -0.482 e. The van der Waals surface area contributed by atoms with Gasteiger partial charge in [-0.05, 0) is 72.7 Å². The molecular formula is C30H24F6N6O4S. The van der Waals surface area contributed by atoms with Crippen molar-refractivity contribution in [1.29, 1.82) is 0 Å². The Morgan fingerprint density at radius 3 is 2.45 bits per heavy atom. The summed E-state index contributed by atoms with van der Waals surface area (Å²) in [5.74, 6) is -0.647. The van der Waals surface area contributed by atoms with Gasteiger partial charge in [0, 0.05) is 5.69 Å². The molecular weight excluding hydrogens is 654 g/mol. The lowest BCUT2D eigenvalue weighted by atomic mass is 10.2. The Hall–Kier alpha value is -5.03. The summed E-state index contributed by atoms with van der Waals surface area (Å²) in [4.78, 5) is 22.2. The van der Waals surface area contributed by atoms with Gasteiger partial charge in [-0.2, -0.15) is 13.2 Å². The number of benzene rings is 3. The van der Waals surface area contributed by atoms with Crippen molar-refractivity contribution in [2.24, 2.45) is 4.99 Å². The minimum absolute atomic E-state index is 0.0322. The van der Waals surface area contributed by atoms with Gasteiger partial charge in [-0.1, -0.05) is 36.0 Å². The molecule has 3 aromatic carbocycles. The summed E-state index contributed by atoms with van der Waals surface area (Å²) in [5, 5.41) is 17.7. The first kappa shape index (κ1) is 33.3. The molecule has 1 aliphatic rings. The van der Waals surface area contributed by atoms with E-state index in [1.54, 1.807) is 49.4 Å². The SMILES string of the molecule is Cc1ccc(OCC(F)(F)F)c(N2C(=O)CS/C2=N\C(O)Nc2ccc(/C=C/c3ncn(-c4ccc(OC(F)(F)F)cc4)n3)cc2)c1. The van der Waals surface area contributed by atoms with E-state index in [1.807, 2.05) is 0 Å². The number of amidine groups is 1. The molecule has 4 aromatic rings. The lowest BCUT2D eigenvalue weighted by Gasteiger charge is -2.22. The first-order chi connectivity index (χ1) is 22.2. The van der Waals surface area contributed by atoms with Crippen LogP contribution in [0.3, 0.4) is 0 Å². The predicted molar refractivity (Wildman–Crippen MR) is 163 cm³/mol. The second kappa shape index (κ2) is 13.8. The van der Waals surface area contributed by atoms with Crippen molar-refractivity contribution in [2.45, 2.75) is 25.8 Å². The van der Waals surface area contributed by atoms with E-state index >= 15 is 0 Å². The van der Waals surface area contributed by atoms with Crippen molar-refractivity contribution < 1.29 is 45.7 Å². The number of alkyl halides is 6. The fourth-order valence-electron chi connectivity index (χ4n) is 4.20. The van der Waals surface area contributed by atoms with Crippen LogP contribution in [0.4, 0.5) is 37.7 Å². The number of rotatable bonds is 10. The molecule has 5 rings (SSSR count). The van der Waals surface area contributed by atoms with Crippen molar-refractivity contribution in [2.75, 3.05) is 22.6 Å². The summed E-state index contributed by atoms with van der Waals surface area (Å²) in [6.07, 6.45) is -6.12. The second-order valence-electron chi connectivity index (χ2n) is 9.87. The Balaban J connectivity index is 1.21. The topological polar surface area (TPSA) is 114 Å². The third-order valence-electron chi connectivity index (χ3n) is 6.22. The fraction of sp³-hybridized carbons (Fsp3) is 0.200. The van der Waals surface area contributed by atoms with Crippen molar-refractivity contribution in [1.82, 2.24) is 14.8 Å². The standard InChI is InChI=1S/C30H24F6N6O4S/c1-18-2-12-24(45-16-29(31,32)33)23(14-18)42-26(43)15-47-28(42)39-27(44)38-20-6-3-19(4-7-20)5-13-25-37-17-41(40-25)21-8-10-22(11-9-21)46-30(34,35)36/h2-14,17,27,38,44H,15-16H2,1H3/b13-5+,39-28-. The monoisotopic (exact) mass is 678 g/mol. The molecule has 0 aliphatic carbocycles. The van der Waals surface area contributed by atoms with Gasteiger partial charge in [-0.15, -0.1) is 18.3 Å². The molecule has 0 saturated carbocycles. The third-order valence-corrected chi connectivity index (χ3v) is 7.16. The summed E-state index contributed by atoms with van der Waals surface area (Å²) in [6.45, 7) is 0.171. The number of aliphatic imine (C=N–C) groups is 1. The Labute approximate surface area is 267 Å². The number of amides is 1. The molecule has 0 spiro atoms. The molecule has 10 nitrogen and oxygen atoms in total. The number of aromatic nitrogens is 3. The lowest BCUT2D eigenvalue weighted by Crippen LogP contribution is -2.32. The molecule has 0 radical (unpaired) electrons. The zero-order valence-electron chi connectivity index (χ0n) is 24.2. The predicted octanol–water partition coefficient (Wildman–Crippen LogP) is 6.41. The lowest BCUT2D eigenvalue weighted by molar-refractivity contribution is -0.274. The zero-order chi connectivity index (χ0) is 33.8. The largest absolute Gasteiger partial charge is 0.573 e. The molecule has 246 valence electrons. The van der Waals surface area contributed by atoms with Crippen LogP contribution in [0.1, 0.15) is 17.0 Å². The molecule has 0 bridgehead atoms. The molecule has 1 unspecified atom stereocenters. The van der Waals surface area contributed by atoms with E-state index in [9.17, 15) is 36.2 Å². The quantitative estimate of drug-likeness (QED) is 0.146. The molecule has 1 amide bonds. The molecule has 2 heterocycles. The number of nitrogens with zero attached hydrogens (tertiary/aromatic N) is 5. The van der Waals surface area contributed by atoms with E-state index in [0.717, 1.165) is 22.2 Å². The first-order valence-corrected chi connectivity index (χ1v) is 14.6. The van der Waals surface area contributed by atoms with Crippen LogP contribution in [-0.2, 0) is 4.79 Å². The maximum atomic E-state index is 12.8. The average Bonchev–Trinajstić information content (AvgIpc) is 3.61. The second-order valence-corrected chi connectivity index (χ2v) is 10.8. The average molecular weight is 679 g/mol. The van der Waals surface area contributed by atoms with Gasteiger partial charge in [-0.3, -0.25) is 9.69 Å². The van der Waals surface area contributed by atoms with Crippen molar-refractivity contribution >= 4 is 46.4 Å². The van der Waals surface area contributed by atoms with Gasteiger partial charge in [0.25, 0.3) is 0 Å². The van der Waals surface area contributed by atoms with Crippen LogP contribution in [-0.4, -0.2) is 62.2 Å². The molecule has 1 atom stereocenters. The van der Waals surface area contributed by atoms with Crippen LogP contribution < -0.4 is 19.7 Å². The van der Waals surface area contributed by atoms with Crippen LogP contribution in [0.15, 0.2) is 78.0 Å². The molecule has 1 aliphatic heterocycles. The number of ether oxygens (including phenoxy) is 2. The number of carbonyl (C=O) groups excluding carboxylic acids is 1. The number of carbonyl (C=O) groups is 1. The van der Waals surface area contributed by atoms with Gasteiger partial charge in [0.2, 0.25) is 12.3 Å². The van der Waals surface area contributed by atoms with E-state index in [2.05, 4.69) is 25.1 Å². The Morgan fingerprint density at radius 2 is 1.77 bits per heavy atom. The number of aryl methyl sites for hydroxylation is 1. The summed E-state index contributed by atoms with van der Waals surface area (Å²) in [7, 11) is 0. The highest BCUT2D eigenvalue weighted by molar-refractivity contribution is 8.15. The Morgan fingerprint density at radius 1 is 1.04 bits per heavy atom. The molecule has 2 N–H and O–H groups in total. The maximum Gasteiger partial charge on any atom is 0.573 e. The van der Waals surface area contributed by atoms with Crippen LogP contribution in [0.2, 0.25) is 0 Å². The van der Waals surface area contributed by atoms with Crippen molar-refractivity contribution in [3.05, 3.63) is 90.0 Å². The van der Waals surface area contributed by atoms with E-state index in [0.29, 0.717) is 22.8 Å². The van der Waals surface area contributed by atoms with Gasteiger partial charge in [0.05, 0.1) is 17.1 Å². The van der Waals surface area contributed by atoms with Gasteiger partial charge in [0.15, 0.2) is 17.6 Å². The number of aliphatic hydroxyl groups is 1. The third kappa shape index (κ3) is 9.26. The number of hydrogen-bond acceptors (Lipinski definition) is 9. The normalized spacial score (nSPS) is 15.4. The van der Waals surface area contributed by atoms with Gasteiger partial charge in [-0.25, -0.2) is 14.7 Å². The maximum absolute atomic E-state index is 12.8. The highest BCUT2D eigenvalue weighted by atomic mass is 32.2. The number of hydrogen-bond donors (Lipinski definition) is 2. The van der Waals surface area contributed by atoms with E-state index in [1.165, 1.54) is 47.4 Å². The van der Waals surface area contributed by atoms with Crippen molar-refractivity contribution in [3.8, 4) is 17.2 Å². The van der Waals surface area contributed by atoms with Crippen LogP contribution in [0.5, 0.6) is 11.5 Å². The molecule has 17 heteroatoms. The zero-order valence-corrected chi connectivity index (χ0v) is 25.0. The van der Waals surface area contributed by atoms with Crippen LogP contribution in [0, 0.1) is 6.92 Å². The molecule has 1 aromatic heterocycles. The minimum atomic E-state index is -4.79. The number of thioether (sulfide) groups is 1. The van der Waals surface area contributed by atoms with E-state index < -0.39 is 31.4 Å². The summed E-state index contributed by atoms with van der Waals surface area (Å²) >= 11 is 1.02. The highest BCUT2D eigenvalue weighted by Gasteiger charge is 2.34. The summed E-state index contributed by atoms with van der Waals surface area (Å²) in [6, 6.07) is 16.3. The smallest absolute Gasteiger partial charge is 0.482 e. The van der Waals surface area contributed by atoms with Crippen molar-refractivity contribution in [3.63, 3.8) is 0 Å². The van der Waals surface area contributed by atoms with Gasteiger partial charge >= 0.3 is 12.5 Å². The van der Waals surface area contributed by atoms with Crippen LogP contribution >= 0.6 is 11.8 Å². The molecule has 1 saturated heterocycles.